The van der Waals surface area contributed by atoms with Crippen molar-refractivity contribution >= 4 is 21.9 Å². The Morgan fingerprint density at radius 2 is 1.42 bits per heavy atom. The molecule has 0 amide bonds. The van der Waals surface area contributed by atoms with Crippen LogP contribution in [0.15, 0.2) is 88.7 Å². The molecule has 0 bridgehead atoms. The van der Waals surface area contributed by atoms with Crippen LogP contribution in [0.1, 0.15) is 16.7 Å². The lowest BCUT2D eigenvalue weighted by atomic mass is 10.1. The molecule has 0 aliphatic rings. The topological polar surface area (TPSA) is 43.4 Å². The fourth-order valence-electron chi connectivity index (χ4n) is 2.43. The van der Waals surface area contributed by atoms with Crippen molar-refractivity contribution in [3.63, 3.8) is 0 Å². The van der Waals surface area contributed by atoms with Gasteiger partial charge in [-0.05, 0) is 42.3 Å². The van der Waals surface area contributed by atoms with Crippen molar-refractivity contribution in [3.8, 4) is 0 Å². The third kappa shape index (κ3) is 4.97. The smallest absolute Gasteiger partial charge is 0.262 e. The van der Waals surface area contributed by atoms with Crippen molar-refractivity contribution in [2.24, 2.45) is 0 Å². The van der Waals surface area contributed by atoms with Crippen molar-refractivity contribution in [1.82, 2.24) is 0 Å². The van der Waals surface area contributed by atoms with Gasteiger partial charge in [-0.2, -0.15) is 8.42 Å². The third-order valence-corrected chi connectivity index (χ3v) is 6.27. The quantitative estimate of drug-likeness (QED) is 0.415. The van der Waals surface area contributed by atoms with E-state index in [0.29, 0.717) is 0 Å². The molecule has 0 heterocycles. The van der Waals surface area contributed by atoms with Gasteiger partial charge in [0.2, 0.25) is 0 Å². The first-order valence-corrected chi connectivity index (χ1v) is 10.6. The van der Waals surface area contributed by atoms with Crippen LogP contribution in [-0.2, 0) is 26.7 Å². The van der Waals surface area contributed by atoms with Gasteiger partial charge in [0.25, 0.3) is 10.1 Å². The van der Waals surface area contributed by atoms with Crippen LogP contribution in [0.3, 0.4) is 0 Å². The molecule has 0 N–H and O–H groups in total. The Hall–Kier alpha value is -2.08. The second-order valence-electron chi connectivity index (χ2n) is 5.90. The Kier molecular flexibility index (Phi) is 6.14. The van der Waals surface area contributed by atoms with E-state index in [1.54, 1.807) is 36.0 Å². The van der Waals surface area contributed by atoms with Gasteiger partial charge in [-0.1, -0.05) is 60.2 Å². The SMILES string of the molecule is Cc1ccc(S(=O)(=O)OCc2ccccc2CSc2ccccc2)cc1. The van der Waals surface area contributed by atoms with Gasteiger partial charge >= 0.3 is 0 Å². The van der Waals surface area contributed by atoms with Gasteiger partial charge in [0.05, 0.1) is 11.5 Å². The van der Waals surface area contributed by atoms with Gasteiger partial charge in [0.1, 0.15) is 0 Å². The molecule has 134 valence electrons. The summed E-state index contributed by atoms with van der Waals surface area (Å²) in [7, 11) is -3.77. The van der Waals surface area contributed by atoms with Crippen LogP contribution >= 0.6 is 11.8 Å². The fraction of sp³-hybridized carbons (Fsp3) is 0.143. The maximum absolute atomic E-state index is 12.4. The van der Waals surface area contributed by atoms with Gasteiger partial charge in [0, 0.05) is 10.6 Å². The number of hydrogen-bond acceptors (Lipinski definition) is 4. The summed E-state index contributed by atoms with van der Waals surface area (Å²) in [5, 5.41) is 0. The molecular weight excluding hydrogens is 364 g/mol. The van der Waals surface area contributed by atoms with Crippen LogP contribution in [0.4, 0.5) is 0 Å². The molecule has 0 radical (unpaired) electrons. The summed E-state index contributed by atoms with van der Waals surface area (Å²) in [5.74, 6) is 0.758. The van der Waals surface area contributed by atoms with Crippen molar-refractivity contribution in [1.29, 1.82) is 0 Å². The normalized spacial score (nSPS) is 11.4. The minimum absolute atomic E-state index is 0.0295. The Balaban J connectivity index is 1.69. The molecule has 0 atom stereocenters. The number of benzene rings is 3. The first-order valence-electron chi connectivity index (χ1n) is 8.25. The van der Waals surface area contributed by atoms with E-state index in [4.69, 9.17) is 4.18 Å². The molecule has 3 rings (SSSR count). The van der Waals surface area contributed by atoms with E-state index in [9.17, 15) is 8.42 Å². The van der Waals surface area contributed by atoms with E-state index < -0.39 is 10.1 Å². The molecule has 0 unspecified atom stereocenters. The molecular formula is C21H20O3S2. The Morgan fingerprint density at radius 1 is 0.808 bits per heavy atom. The van der Waals surface area contributed by atoms with E-state index in [1.165, 1.54) is 4.90 Å². The highest BCUT2D eigenvalue weighted by Gasteiger charge is 2.16. The van der Waals surface area contributed by atoms with Gasteiger partial charge < -0.3 is 0 Å². The van der Waals surface area contributed by atoms with Gasteiger partial charge in [-0.15, -0.1) is 11.8 Å². The highest BCUT2D eigenvalue weighted by atomic mass is 32.2. The van der Waals surface area contributed by atoms with Crippen molar-refractivity contribution in [2.75, 3.05) is 0 Å². The van der Waals surface area contributed by atoms with E-state index in [2.05, 4.69) is 12.1 Å². The molecule has 0 aliphatic heterocycles. The van der Waals surface area contributed by atoms with Gasteiger partial charge in [-0.3, -0.25) is 4.18 Å². The maximum Gasteiger partial charge on any atom is 0.297 e. The zero-order chi connectivity index (χ0) is 18.4. The van der Waals surface area contributed by atoms with Crippen LogP contribution < -0.4 is 0 Å². The maximum atomic E-state index is 12.4. The summed E-state index contributed by atoms with van der Waals surface area (Å²) in [4.78, 5) is 1.36. The monoisotopic (exact) mass is 384 g/mol. The zero-order valence-electron chi connectivity index (χ0n) is 14.5. The van der Waals surface area contributed by atoms with Crippen LogP contribution in [0.5, 0.6) is 0 Å². The van der Waals surface area contributed by atoms with Crippen molar-refractivity contribution in [2.45, 2.75) is 29.1 Å². The third-order valence-electron chi connectivity index (χ3n) is 3.94. The van der Waals surface area contributed by atoms with E-state index in [-0.39, 0.29) is 11.5 Å². The first kappa shape index (κ1) is 18.7. The lowest BCUT2D eigenvalue weighted by Gasteiger charge is -2.10. The number of aryl methyl sites for hydroxylation is 1. The average molecular weight is 385 g/mol. The lowest BCUT2D eigenvalue weighted by Crippen LogP contribution is -2.07. The molecule has 3 aromatic rings. The minimum atomic E-state index is -3.77. The standard InChI is InChI=1S/C21H20O3S2/c1-17-11-13-21(14-12-17)26(22,23)24-15-18-7-5-6-8-19(18)16-25-20-9-3-2-4-10-20/h2-14H,15-16H2,1H3. The van der Waals surface area contributed by atoms with E-state index in [1.807, 2.05) is 49.4 Å². The average Bonchev–Trinajstić information content (AvgIpc) is 2.66. The van der Waals surface area contributed by atoms with E-state index >= 15 is 0 Å². The summed E-state index contributed by atoms with van der Waals surface area (Å²) in [6.45, 7) is 1.94. The number of hydrogen-bond donors (Lipinski definition) is 0. The van der Waals surface area contributed by atoms with Gasteiger partial charge in [0.15, 0.2) is 0 Å². The minimum Gasteiger partial charge on any atom is -0.262 e. The largest absolute Gasteiger partial charge is 0.297 e. The predicted octanol–water partition coefficient (Wildman–Crippen LogP) is 5.19. The molecule has 0 spiro atoms. The van der Waals surface area contributed by atoms with Crippen LogP contribution in [0.2, 0.25) is 0 Å². The zero-order valence-corrected chi connectivity index (χ0v) is 16.1. The highest BCUT2D eigenvalue weighted by Crippen LogP contribution is 2.25. The summed E-state index contributed by atoms with van der Waals surface area (Å²) in [5.41, 5.74) is 2.96. The highest BCUT2D eigenvalue weighted by molar-refractivity contribution is 7.98. The lowest BCUT2D eigenvalue weighted by molar-refractivity contribution is 0.307. The van der Waals surface area contributed by atoms with Crippen molar-refractivity contribution in [3.05, 3.63) is 95.6 Å². The summed E-state index contributed by atoms with van der Waals surface area (Å²) >= 11 is 1.71. The van der Waals surface area contributed by atoms with Gasteiger partial charge in [-0.25, -0.2) is 0 Å². The Bertz CT molecular complexity index is 950. The second kappa shape index (κ2) is 8.54. The molecule has 0 fully saturated rings. The molecule has 5 heteroatoms. The molecule has 0 saturated heterocycles. The number of rotatable bonds is 7. The van der Waals surface area contributed by atoms with Crippen LogP contribution in [0.25, 0.3) is 0 Å². The number of thioether (sulfide) groups is 1. The predicted molar refractivity (Wildman–Crippen MR) is 106 cm³/mol. The summed E-state index contributed by atoms with van der Waals surface area (Å²) < 4.78 is 30.1. The molecule has 3 nitrogen and oxygen atoms in total. The molecule has 26 heavy (non-hydrogen) atoms. The van der Waals surface area contributed by atoms with E-state index in [0.717, 1.165) is 22.4 Å². The summed E-state index contributed by atoms with van der Waals surface area (Å²) in [6.07, 6.45) is 0. The summed E-state index contributed by atoms with van der Waals surface area (Å²) in [6, 6.07) is 24.6. The molecule has 0 aromatic heterocycles. The van der Waals surface area contributed by atoms with Crippen LogP contribution in [0, 0.1) is 6.92 Å². The Morgan fingerprint density at radius 3 is 2.12 bits per heavy atom. The second-order valence-corrected chi connectivity index (χ2v) is 8.56. The molecule has 3 aromatic carbocycles. The fourth-order valence-corrected chi connectivity index (χ4v) is 4.27. The Labute approximate surface area is 159 Å². The first-order chi connectivity index (χ1) is 12.5. The molecule has 0 saturated carbocycles. The van der Waals surface area contributed by atoms with Crippen LogP contribution in [-0.4, -0.2) is 8.42 Å². The van der Waals surface area contributed by atoms with Crippen molar-refractivity contribution < 1.29 is 12.6 Å². The molecule has 0 aliphatic carbocycles.